The first kappa shape index (κ1) is 20.2. The second-order valence-electron chi connectivity index (χ2n) is 7.47. The van der Waals surface area contributed by atoms with Gasteiger partial charge >= 0.3 is 5.97 Å². The summed E-state index contributed by atoms with van der Waals surface area (Å²) in [5.74, 6) is -0.679. The lowest BCUT2D eigenvalue weighted by Crippen LogP contribution is -2.42. The minimum Gasteiger partial charge on any atom is -0.469 e. The average Bonchev–Trinajstić information content (AvgIpc) is 2.56. The van der Waals surface area contributed by atoms with Crippen LogP contribution in [-0.4, -0.2) is 36.5 Å². The van der Waals surface area contributed by atoms with Crippen molar-refractivity contribution in [1.29, 1.82) is 0 Å². The van der Waals surface area contributed by atoms with Gasteiger partial charge in [-0.1, -0.05) is 46.8 Å². The van der Waals surface area contributed by atoms with Crippen molar-refractivity contribution in [1.82, 2.24) is 4.90 Å². The standard InChI is InChI=1S/C20H31NO3/c1-8-15(3)21(13-14(2)19(23)24-7)18(22)16-9-11-17(12-10-16)20(4,5)6/h9-12,14-15H,8,13H2,1-7H3. The molecule has 0 aliphatic rings. The Morgan fingerprint density at radius 3 is 2.08 bits per heavy atom. The van der Waals surface area contributed by atoms with Crippen molar-refractivity contribution in [3.8, 4) is 0 Å². The van der Waals surface area contributed by atoms with Crippen LogP contribution in [-0.2, 0) is 14.9 Å². The van der Waals surface area contributed by atoms with E-state index in [1.807, 2.05) is 38.1 Å². The highest BCUT2D eigenvalue weighted by Gasteiger charge is 2.26. The van der Waals surface area contributed by atoms with E-state index in [2.05, 4.69) is 20.8 Å². The van der Waals surface area contributed by atoms with E-state index in [1.54, 1.807) is 11.8 Å². The summed E-state index contributed by atoms with van der Waals surface area (Å²) in [7, 11) is 1.37. The highest BCUT2D eigenvalue weighted by Crippen LogP contribution is 2.23. The Labute approximate surface area is 146 Å². The Kier molecular flexibility index (Phi) is 7.00. The first-order valence-electron chi connectivity index (χ1n) is 8.61. The molecule has 0 spiro atoms. The fourth-order valence-corrected chi connectivity index (χ4v) is 2.53. The van der Waals surface area contributed by atoms with E-state index < -0.39 is 0 Å². The van der Waals surface area contributed by atoms with E-state index in [-0.39, 0.29) is 29.3 Å². The molecule has 0 fully saturated rings. The van der Waals surface area contributed by atoms with Crippen molar-refractivity contribution >= 4 is 11.9 Å². The summed E-state index contributed by atoms with van der Waals surface area (Å²) in [6, 6.07) is 7.83. The Balaban J connectivity index is 3.01. The molecule has 2 atom stereocenters. The topological polar surface area (TPSA) is 46.6 Å². The van der Waals surface area contributed by atoms with Gasteiger partial charge in [0.25, 0.3) is 5.91 Å². The lowest BCUT2D eigenvalue weighted by atomic mass is 9.86. The van der Waals surface area contributed by atoms with E-state index >= 15 is 0 Å². The molecular formula is C20H31NO3. The maximum Gasteiger partial charge on any atom is 0.310 e. The first-order chi connectivity index (χ1) is 11.1. The number of hydrogen-bond acceptors (Lipinski definition) is 3. The molecule has 2 unspecified atom stereocenters. The number of amides is 1. The van der Waals surface area contributed by atoms with E-state index in [0.717, 1.165) is 6.42 Å². The number of esters is 1. The average molecular weight is 333 g/mol. The van der Waals surface area contributed by atoms with Gasteiger partial charge in [-0.25, -0.2) is 0 Å². The maximum absolute atomic E-state index is 12.9. The summed E-state index contributed by atoms with van der Waals surface area (Å²) in [4.78, 5) is 26.4. The predicted molar refractivity (Wildman–Crippen MR) is 97.1 cm³/mol. The van der Waals surface area contributed by atoms with Crippen molar-refractivity contribution < 1.29 is 14.3 Å². The van der Waals surface area contributed by atoms with E-state index in [1.165, 1.54) is 12.7 Å². The monoisotopic (exact) mass is 333 g/mol. The third kappa shape index (κ3) is 5.08. The Morgan fingerprint density at radius 1 is 1.12 bits per heavy atom. The third-order valence-corrected chi connectivity index (χ3v) is 4.46. The van der Waals surface area contributed by atoms with Gasteiger partial charge in [-0.15, -0.1) is 0 Å². The van der Waals surface area contributed by atoms with Crippen LogP contribution in [0.1, 0.15) is 63.9 Å². The molecular weight excluding hydrogens is 302 g/mol. The highest BCUT2D eigenvalue weighted by molar-refractivity contribution is 5.94. The lowest BCUT2D eigenvalue weighted by Gasteiger charge is -2.30. The molecule has 134 valence electrons. The third-order valence-electron chi connectivity index (χ3n) is 4.46. The summed E-state index contributed by atoms with van der Waals surface area (Å²) in [6.07, 6.45) is 0.833. The van der Waals surface area contributed by atoms with Crippen molar-refractivity contribution in [3.05, 3.63) is 35.4 Å². The van der Waals surface area contributed by atoms with Gasteiger partial charge in [-0.3, -0.25) is 9.59 Å². The van der Waals surface area contributed by atoms with Gasteiger partial charge in [0.2, 0.25) is 0 Å². The Hall–Kier alpha value is -1.84. The summed E-state index contributed by atoms with van der Waals surface area (Å²) in [5, 5.41) is 0. The molecule has 0 bridgehead atoms. The normalized spacial score (nSPS) is 14.0. The zero-order chi connectivity index (χ0) is 18.5. The van der Waals surface area contributed by atoms with E-state index in [9.17, 15) is 9.59 Å². The summed E-state index contributed by atoms with van der Waals surface area (Å²) in [5.41, 5.74) is 1.90. The van der Waals surface area contributed by atoms with Gasteiger partial charge in [-0.05, 0) is 36.5 Å². The molecule has 24 heavy (non-hydrogen) atoms. The number of nitrogens with zero attached hydrogens (tertiary/aromatic N) is 1. The van der Waals surface area contributed by atoms with Gasteiger partial charge in [0.05, 0.1) is 13.0 Å². The molecule has 0 aromatic heterocycles. The molecule has 0 aliphatic heterocycles. The SMILES string of the molecule is CCC(C)N(CC(C)C(=O)OC)C(=O)c1ccc(C(C)(C)C)cc1. The van der Waals surface area contributed by atoms with Crippen molar-refractivity contribution in [3.63, 3.8) is 0 Å². The van der Waals surface area contributed by atoms with Crippen LogP contribution in [0.25, 0.3) is 0 Å². The van der Waals surface area contributed by atoms with Crippen LogP contribution >= 0.6 is 0 Å². The molecule has 1 aromatic rings. The molecule has 0 aliphatic carbocycles. The van der Waals surface area contributed by atoms with E-state index in [0.29, 0.717) is 12.1 Å². The molecule has 4 nitrogen and oxygen atoms in total. The number of benzene rings is 1. The van der Waals surface area contributed by atoms with Crippen LogP contribution in [0, 0.1) is 5.92 Å². The lowest BCUT2D eigenvalue weighted by molar-refractivity contribution is -0.145. The smallest absolute Gasteiger partial charge is 0.310 e. The molecule has 0 saturated heterocycles. The van der Waals surface area contributed by atoms with Crippen LogP contribution in [0.5, 0.6) is 0 Å². The highest BCUT2D eigenvalue weighted by atomic mass is 16.5. The molecule has 0 radical (unpaired) electrons. The zero-order valence-electron chi connectivity index (χ0n) is 16.1. The fraction of sp³-hybridized carbons (Fsp3) is 0.600. The van der Waals surface area contributed by atoms with Gasteiger partial charge in [0.1, 0.15) is 0 Å². The van der Waals surface area contributed by atoms with Crippen LogP contribution in [0.4, 0.5) is 0 Å². The van der Waals surface area contributed by atoms with Crippen molar-refractivity contribution in [2.24, 2.45) is 5.92 Å². The van der Waals surface area contributed by atoms with Crippen molar-refractivity contribution in [2.45, 2.75) is 59.4 Å². The molecule has 0 N–H and O–H groups in total. The predicted octanol–water partition coefficient (Wildman–Crippen LogP) is 4.03. The second-order valence-corrected chi connectivity index (χ2v) is 7.47. The molecule has 1 amide bonds. The largest absolute Gasteiger partial charge is 0.469 e. The quantitative estimate of drug-likeness (QED) is 0.738. The number of ether oxygens (including phenoxy) is 1. The maximum atomic E-state index is 12.9. The molecule has 4 heteroatoms. The molecule has 1 aromatic carbocycles. The Bertz CT molecular complexity index is 557. The van der Waals surface area contributed by atoms with Crippen LogP contribution < -0.4 is 0 Å². The van der Waals surface area contributed by atoms with Crippen LogP contribution in [0.2, 0.25) is 0 Å². The zero-order valence-corrected chi connectivity index (χ0v) is 16.1. The summed E-state index contributed by atoms with van der Waals surface area (Å²) >= 11 is 0. The van der Waals surface area contributed by atoms with Crippen molar-refractivity contribution in [2.75, 3.05) is 13.7 Å². The molecule has 1 rings (SSSR count). The first-order valence-corrected chi connectivity index (χ1v) is 8.61. The number of carbonyl (C=O) groups excluding carboxylic acids is 2. The van der Waals surface area contributed by atoms with E-state index in [4.69, 9.17) is 4.74 Å². The van der Waals surface area contributed by atoms with Gasteiger partial charge in [-0.2, -0.15) is 0 Å². The molecule has 0 heterocycles. The minimum atomic E-state index is -0.346. The number of methoxy groups -OCH3 is 1. The summed E-state index contributed by atoms with van der Waals surface area (Å²) < 4.78 is 4.79. The second kappa shape index (κ2) is 8.32. The van der Waals surface area contributed by atoms with Crippen LogP contribution in [0.15, 0.2) is 24.3 Å². The van der Waals surface area contributed by atoms with Gasteiger partial charge < -0.3 is 9.64 Å². The van der Waals surface area contributed by atoms with Crippen LogP contribution in [0.3, 0.4) is 0 Å². The number of carbonyl (C=O) groups is 2. The minimum absolute atomic E-state index is 0.0411. The van der Waals surface area contributed by atoms with Gasteiger partial charge in [0.15, 0.2) is 0 Å². The molecule has 0 saturated carbocycles. The number of rotatable bonds is 6. The van der Waals surface area contributed by atoms with Gasteiger partial charge in [0, 0.05) is 18.2 Å². The fourth-order valence-electron chi connectivity index (χ4n) is 2.53. The summed E-state index contributed by atoms with van der Waals surface area (Å²) in [6.45, 7) is 12.6. The Morgan fingerprint density at radius 2 is 1.67 bits per heavy atom. The number of hydrogen-bond donors (Lipinski definition) is 0.